The molecule has 5 heteroatoms. The molecule has 0 radical (unpaired) electrons. The van der Waals surface area contributed by atoms with Gasteiger partial charge in [0.05, 0.1) is 5.52 Å². The minimum absolute atomic E-state index is 0.0306. The molecule has 0 fully saturated rings. The van der Waals surface area contributed by atoms with Crippen molar-refractivity contribution in [3.63, 3.8) is 0 Å². The highest BCUT2D eigenvalue weighted by atomic mass is 16.4. The smallest absolute Gasteiger partial charge is 0.356 e. The van der Waals surface area contributed by atoms with E-state index in [4.69, 9.17) is 10.8 Å². The zero-order valence-corrected chi connectivity index (χ0v) is 8.92. The summed E-state index contributed by atoms with van der Waals surface area (Å²) in [5.74, 6) is -0.294. The lowest BCUT2D eigenvalue weighted by Gasteiger charge is -2.06. The van der Waals surface area contributed by atoms with Crippen molar-refractivity contribution in [3.8, 4) is 0 Å². The molecule has 16 heavy (non-hydrogen) atoms. The molecule has 1 atom stereocenters. The van der Waals surface area contributed by atoms with E-state index in [2.05, 4.69) is 4.98 Å². The number of nitrogens with two attached hydrogens (primary N) is 1. The molecule has 0 aromatic carbocycles. The summed E-state index contributed by atoms with van der Waals surface area (Å²) >= 11 is 0. The molecule has 0 aliphatic heterocycles. The van der Waals surface area contributed by atoms with Crippen LogP contribution in [-0.2, 0) is 0 Å². The van der Waals surface area contributed by atoms with E-state index in [1.165, 1.54) is 0 Å². The van der Waals surface area contributed by atoms with E-state index in [9.17, 15) is 4.79 Å². The number of carboxylic acids is 1. The molecule has 2 aromatic rings. The molecule has 0 aliphatic rings. The van der Waals surface area contributed by atoms with Gasteiger partial charge in [0.2, 0.25) is 0 Å². The topological polar surface area (TPSA) is 80.6 Å². The van der Waals surface area contributed by atoms with E-state index in [1.54, 1.807) is 22.7 Å². The van der Waals surface area contributed by atoms with Gasteiger partial charge in [-0.05, 0) is 12.1 Å². The Morgan fingerprint density at radius 1 is 1.62 bits per heavy atom. The molecule has 0 saturated carbocycles. The molecule has 84 valence electrons. The molecule has 1 unspecified atom stereocenters. The van der Waals surface area contributed by atoms with Crippen LogP contribution in [0, 0.1) is 0 Å². The third-order valence-corrected chi connectivity index (χ3v) is 2.57. The van der Waals surface area contributed by atoms with Crippen LogP contribution in [-0.4, -0.2) is 27.0 Å². The van der Waals surface area contributed by atoms with E-state index in [0.717, 1.165) is 0 Å². The summed E-state index contributed by atoms with van der Waals surface area (Å²) in [6.45, 7) is 2.36. The number of nitrogens with zero attached hydrogens (tertiary/aromatic N) is 2. The Morgan fingerprint density at radius 3 is 3.00 bits per heavy atom. The van der Waals surface area contributed by atoms with Crippen molar-refractivity contribution in [2.75, 3.05) is 6.54 Å². The van der Waals surface area contributed by atoms with Crippen LogP contribution < -0.4 is 5.73 Å². The van der Waals surface area contributed by atoms with Gasteiger partial charge in [-0.2, -0.15) is 0 Å². The predicted molar refractivity (Wildman–Crippen MR) is 59.6 cm³/mol. The first-order valence-electron chi connectivity index (χ1n) is 5.05. The summed E-state index contributed by atoms with van der Waals surface area (Å²) in [6.07, 6.45) is 1.80. The molecule has 2 heterocycles. The molecule has 5 nitrogen and oxygen atoms in total. The molecular weight excluding hydrogens is 206 g/mol. The van der Waals surface area contributed by atoms with Crippen molar-refractivity contribution in [2.45, 2.75) is 12.8 Å². The van der Waals surface area contributed by atoms with Crippen LogP contribution in [0.15, 0.2) is 24.4 Å². The second kappa shape index (κ2) is 3.94. The predicted octanol–water partition coefficient (Wildman–Crippen LogP) is 1.09. The maximum atomic E-state index is 11.0. The number of aromatic carboxylic acids is 1. The van der Waals surface area contributed by atoms with Crippen LogP contribution in [0.25, 0.3) is 5.52 Å². The monoisotopic (exact) mass is 219 g/mol. The minimum atomic E-state index is -1.01. The first-order chi connectivity index (χ1) is 7.65. The zero-order valence-electron chi connectivity index (χ0n) is 8.92. The average Bonchev–Trinajstić information content (AvgIpc) is 2.67. The highest BCUT2D eigenvalue weighted by Gasteiger charge is 2.18. The number of imidazole rings is 1. The number of carbonyl (C=O) groups is 1. The first-order valence-corrected chi connectivity index (χ1v) is 5.05. The molecule has 0 aliphatic carbocycles. The number of fused-ring (bicyclic) bond motifs is 1. The fourth-order valence-corrected chi connectivity index (χ4v) is 1.67. The van der Waals surface area contributed by atoms with Gasteiger partial charge in [0.15, 0.2) is 5.69 Å². The molecule has 2 rings (SSSR count). The second-order valence-electron chi connectivity index (χ2n) is 3.72. The lowest BCUT2D eigenvalue weighted by Crippen LogP contribution is -2.12. The van der Waals surface area contributed by atoms with Crippen molar-refractivity contribution >= 4 is 11.5 Å². The summed E-state index contributed by atoms with van der Waals surface area (Å²) in [7, 11) is 0. The van der Waals surface area contributed by atoms with E-state index < -0.39 is 5.97 Å². The normalized spacial score (nSPS) is 12.9. The lowest BCUT2D eigenvalue weighted by atomic mass is 10.2. The fourth-order valence-electron chi connectivity index (χ4n) is 1.67. The van der Waals surface area contributed by atoms with Gasteiger partial charge in [-0.3, -0.25) is 0 Å². The molecule has 0 bridgehead atoms. The van der Waals surface area contributed by atoms with Crippen LogP contribution in [0.2, 0.25) is 0 Å². The largest absolute Gasteiger partial charge is 0.476 e. The maximum absolute atomic E-state index is 11.0. The zero-order chi connectivity index (χ0) is 11.7. The number of hydrogen-bond acceptors (Lipinski definition) is 3. The minimum Gasteiger partial charge on any atom is -0.476 e. The summed E-state index contributed by atoms with van der Waals surface area (Å²) in [6, 6.07) is 5.37. The number of hydrogen-bond donors (Lipinski definition) is 2. The first kappa shape index (κ1) is 10.6. The molecule has 2 aromatic heterocycles. The van der Waals surface area contributed by atoms with E-state index in [1.807, 2.05) is 13.0 Å². The van der Waals surface area contributed by atoms with Crippen LogP contribution in [0.1, 0.15) is 29.2 Å². The van der Waals surface area contributed by atoms with Gasteiger partial charge >= 0.3 is 5.97 Å². The third kappa shape index (κ3) is 1.55. The Balaban J connectivity index is 2.71. The van der Waals surface area contributed by atoms with Crippen molar-refractivity contribution in [1.29, 1.82) is 0 Å². The Kier molecular flexibility index (Phi) is 2.62. The Morgan fingerprint density at radius 2 is 2.38 bits per heavy atom. The third-order valence-electron chi connectivity index (χ3n) is 2.57. The van der Waals surface area contributed by atoms with Crippen molar-refractivity contribution in [2.24, 2.45) is 5.73 Å². The molecular formula is C11H13N3O2. The number of aromatic nitrogens is 2. The summed E-state index contributed by atoms with van der Waals surface area (Å²) < 4.78 is 1.78. The average molecular weight is 219 g/mol. The number of pyridine rings is 1. The van der Waals surface area contributed by atoms with Crippen LogP contribution in [0.5, 0.6) is 0 Å². The maximum Gasteiger partial charge on any atom is 0.356 e. The molecule has 0 amide bonds. The summed E-state index contributed by atoms with van der Waals surface area (Å²) in [4.78, 5) is 15.2. The molecule has 3 N–H and O–H groups in total. The van der Waals surface area contributed by atoms with E-state index >= 15 is 0 Å². The quantitative estimate of drug-likeness (QED) is 0.809. The fraction of sp³-hybridized carbons (Fsp3) is 0.273. The van der Waals surface area contributed by atoms with Gasteiger partial charge in [-0.25, -0.2) is 9.78 Å². The van der Waals surface area contributed by atoms with E-state index in [-0.39, 0.29) is 11.6 Å². The van der Waals surface area contributed by atoms with E-state index in [0.29, 0.717) is 17.9 Å². The van der Waals surface area contributed by atoms with Gasteiger partial charge in [0.1, 0.15) is 5.82 Å². The second-order valence-corrected chi connectivity index (χ2v) is 3.72. The van der Waals surface area contributed by atoms with Gasteiger partial charge < -0.3 is 15.2 Å². The summed E-state index contributed by atoms with van der Waals surface area (Å²) in [5.41, 5.74) is 6.26. The van der Waals surface area contributed by atoms with Crippen molar-refractivity contribution in [1.82, 2.24) is 9.38 Å². The van der Waals surface area contributed by atoms with Crippen LogP contribution in [0.3, 0.4) is 0 Å². The summed E-state index contributed by atoms with van der Waals surface area (Å²) in [5, 5.41) is 9.04. The van der Waals surface area contributed by atoms with Crippen molar-refractivity contribution in [3.05, 3.63) is 35.9 Å². The van der Waals surface area contributed by atoms with Gasteiger partial charge in [-0.15, -0.1) is 0 Å². The van der Waals surface area contributed by atoms with Gasteiger partial charge in [0.25, 0.3) is 0 Å². The van der Waals surface area contributed by atoms with Gasteiger partial charge in [-0.1, -0.05) is 13.0 Å². The molecule has 0 saturated heterocycles. The SMILES string of the molecule is CC(CN)c1nc(C(=O)O)c2ccccn12. The number of carboxylic acid groups (broad SMARTS) is 1. The van der Waals surface area contributed by atoms with Gasteiger partial charge in [0, 0.05) is 18.7 Å². The molecule has 0 spiro atoms. The Hall–Kier alpha value is -1.88. The van der Waals surface area contributed by atoms with Crippen LogP contribution in [0.4, 0.5) is 0 Å². The number of rotatable bonds is 3. The Labute approximate surface area is 92.5 Å². The lowest BCUT2D eigenvalue weighted by molar-refractivity contribution is 0.0693. The standard InChI is InChI=1S/C11H13N3O2/c1-7(6-12)10-13-9(11(15)16)8-4-2-3-5-14(8)10/h2-5,7H,6,12H2,1H3,(H,15,16). The Bertz CT molecular complexity index is 533. The highest BCUT2D eigenvalue weighted by Crippen LogP contribution is 2.18. The van der Waals surface area contributed by atoms with Crippen molar-refractivity contribution < 1.29 is 9.90 Å². The highest BCUT2D eigenvalue weighted by molar-refractivity contribution is 5.93. The van der Waals surface area contributed by atoms with Crippen LogP contribution >= 0.6 is 0 Å².